The van der Waals surface area contributed by atoms with Gasteiger partial charge in [0.05, 0.1) is 12.6 Å². The standard InChI is InChI=1S/C26H33N3O4/c1-19-15-29(20(2)18-30)26(31)23-13-22(11-8-12-32-4)14-27-25(23)33-24(19)17-28(3)16-21-9-6-5-7-10-21/h5-7,9-10,13-14,19-20,24,30H,12,15-18H2,1-4H3/t19-,20+,24-/m0/s1. The first-order valence-electron chi connectivity index (χ1n) is 11.2. The Balaban J connectivity index is 1.89. The number of pyridine rings is 1. The molecule has 0 aliphatic carbocycles. The molecular formula is C26H33N3O4. The van der Waals surface area contributed by atoms with Crippen LogP contribution in [0, 0.1) is 17.8 Å². The second-order valence-electron chi connectivity index (χ2n) is 8.62. The van der Waals surface area contributed by atoms with Gasteiger partial charge in [0.2, 0.25) is 5.88 Å². The fourth-order valence-corrected chi connectivity index (χ4v) is 3.87. The molecule has 33 heavy (non-hydrogen) atoms. The number of carbonyl (C=O) groups excluding carboxylic acids is 1. The number of hydrogen-bond acceptors (Lipinski definition) is 6. The number of likely N-dealkylation sites (N-methyl/N-ethyl adjacent to an activating group) is 1. The normalized spacial score (nSPS) is 19.1. The van der Waals surface area contributed by atoms with Gasteiger partial charge < -0.3 is 19.5 Å². The SMILES string of the molecule is COCC#Cc1cnc2c(c1)C(=O)N([C@H](C)CO)C[C@H](C)[C@H](CN(C)Cc1ccccc1)O2. The number of carbonyl (C=O) groups is 1. The Morgan fingerprint density at radius 2 is 2.12 bits per heavy atom. The fraction of sp³-hybridized carbons (Fsp3) is 0.462. The van der Waals surface area contributed by atoms with E-state index in [2.05, 4.69) is 47.8 Å². The zero-order valence-electron chi connectivity index (χ0n) is 19.8. The monoisotopic (exact) mass is 451 g/mol. The molecule has 2 heterocycles. The maximum absolute atomic E-state index is 13.4. The van der Waals surface area contributed by atoms with Gasteiger partial charge in [-0.1, -0.05) is 49.1 Å². The Labute approximate surface area is 196 Å². The molecule has 0 fully saturated rings. The number of nitrogens with zero attached hydrogens (tertiary/aromatic N) is 3. The third kappa shape index (κ3) is 6.55. The minimum atomic E-state index is -0.322. The molecule has 1 aliphatic heterocycles. The van der Waals surface area contributed by atoms with Gasteiger partial charge in [-0.25, -0.2) is 4.98 Å². The van der Waals surface area contributed by atoms with E-state index in [0.717, 1.165) is 6.54 Å². The molecule has 0 spiro atoms. The van der Waals surface area contributed by atoms with Crippen molar-refractivity contribution >= 4 is 5.91 Å². The maximum Gasteiger partial charge on any atom is 0.259 e. The summed E-state index contributed by atoms with van der Waals surface area (Å²) in [6.07, 6.45) is 1.43. The van der Waals surface area contributed by atoms with Gasteiger partial charge in [-0.15, -0.1) is 0 Å². The van der Waals surface area contributed by atoms with Crippen LogP contribution in [0.3, 0.4) is 0 Å². The third-order valence-electron chi connectivity index (χ3n) is 5.76. The van der Waals surface area contributed by atoms with E-state index in [-0.39, 0.29) is 30.6 Å². The van der Waals surface area contributed by atoms with Crippen LogP contribution < -0.4 is 4.74 Å². The Kier molecular flexibility index (Phi) is 8.84. The van der Waals surface area contributed by atoms with Crippen LogP contribution in [0.4, 0.5) is 0 Å². The van der Waals surface area contributed by atoms with Crippen molar-refractivity contribution in [2.75, 3.05) is 40.5 Å². The molecule has 3 rings (SSSR count). The van der Waals surface area contributed by atoms with E-state index >= 15 is 0 Å². The van der Waals surface area contributed by atoms with Crippen LogP contribution in [-0.4, -0.2) is 78.4 Å². The number of benzene rings is 1. The zero-order valence-corrected chi connectivity index (χ0v) is 19.8. The average Bonchev–Trinajstić information content (AvgIpc) is 2.82. The second-order valence-corrected chi connectivity index (χ2v) is 8.62. The van der Waals surface area contributed by atoms with E-state index in [9.17, 15) is 9.90 Å². The molecule has 1 aromatic carbocycles. The van der Waals surface area contributed by atoms with Crippen molar-refractivity contribution in [1.29, 1.82) is 0 Å². The van der Waals surface area contributed by atoms with Gasteiger partial charge in [-0.3, -0.25) is 9.69 Å². The number of hydrogen-bond donors (Lipinski definition) is 1. The van der Waals surface area contributed by atoms with E-state index in [1.807, 2.05) is 25.1 Å². The maximum atomic E-state index is 13.4. The van der Waals surface area contributed by atoms with Crippen LogP contribution in [0.5, 0.6) is 5.88 Å². The molecule has 2 aromatic rings. The van der Waals surface area contributed by atoms with Crippen LogP contribution in [0.2, 0.25) is 0 Å². The zero-order chi connectivity index (χ0) is 23.8. The third-order valence-corrected chi connectivity index (χ3v) is 5.76. The fourth-order valence-electron chi connectivity index (χ4n) is 3.87. The molecule has 1 amide bonds. The van der Waals surface area contributed by atoms with E-state index in [1.165, 1.54) is 5.56 Å². The average molecular weight is 452 g/mol. The highest BCUT2D eigenvalue weighted by molar-refractivity contribution is 5.97. The number of aromatic nitrogens is 1. The lowest BCUT2D eigenvalue weighted by atomic mass is 9.99. The molecule has 1 N–H and O–H groups in total. The molecule has 7 nitrogen and oxygen atoms in total. The molecule has 0 unspecified atom stereocenters. The quantitative estimate of drug-likeness (QED) is 0.652. The molecule has 3 atom stereocenters. The van der Waals surface area contributed by atoms with Crippen LogP contribution >= 0.6 is 0 Å². The lowest BCUT2D eigenvalue weighted by Crippen LogP contribution is -2.49. The molecule has 1 aromatic heterocycles. The molecule has 1 aliphatic rings. The topological polar surface area (TPSA) is 75.1 Å². The first-order chi connectivity index (χ1) is 15.9. The van der Waals surface area contributed by atoms with Gasteiger partial charge in [0.15, 0.2) is 0 Å². The van der Waals surface area contributed by atoms with Crippen molar-refractivity contribution in [2.45, 2.75) is 32.5 Å². The van der Waals surface area contributed by atoms with Crippen LogP contribution in [0.1, 0.15) is 35.3 Å². The highest BCUT2D eigenvalue weighted by atomic mass is 16.5. The summed E-state index contributed by atoms with van der Waals surface area (Å²) in [5.41, 5.74) is 2.20. The summed E-state index contributed by atoms with van der Waals surface area (Å²) in [6.45, 7) is 6.03. The first kappa shape index (κ1) is 24.7. The van der Waals surface area contributed by atoms with Gasteiger partial charge in [-0.2, -0.15) is 0 Å². The molecule has 0 saturated heterocycles. The summed E-state index contributed by atoms with van der Waals surface area (Å²) in [6, 6.07) is 11.7. The van der Waals surface area contributed by atoms with Crippen LogP contribution in [0.15, 0.2) is 42.6 Å². The Morgan fingerprint density at radius 3 is 2.82 bits per heavy atom. The number of methoxy groups -OCH3 is 1. The molecule has 176 valence electrons. The number of fused-ring (bicyclic) bond motifs is 1. The second kappa shape index (κ2) is 11.8. The van der Waals surface area contributed by atoms with Crippen molar-refractivity contribution in [1.82, 2.24) is 14.8 Å². The smallest absolute Gasteiger partial charge is 0.259 e. The van der Waals surface area contributed by atoms with Gasteiger partial charge in [0, 0.05) is 44.4 Å². The lowest BCUT2D eigenvalue weighted by molar-refractivity contribution is 0.0325. The largest absolute Gasteiger partial charge is 0.472 e. The van der Waals surface area contributed by atoms with Gasteiger partial charge in [0.25, 0.3) is 5.91 Å². The summed E-state index contributed by atoms with van der Waals surface area (Å²) in [5, 5.41) is 9.79. The summed E-state index contributed by atoms with van der Waals surface area (Å²) >= 11 is 0. The van der Waals surface area contributed by atoms with Crippen molar-refractivity contribution in [3.63, 3.8) is 0 Å². The van der Waals surface area contributed by atoms with Crippen LogP contribution in [0.25, 0.3) is 0 Å². The summed E-state index contributed by atoms with van der Waals surface area (Å²) in [7, 11) is 3.64. The number of amides is 1. The van der Waals surface area contributed by atoms with Crippen molar-refractivity contribution < 1.29 is 19.4 Å². The number of aliphatic hydroxyl groups excluding tert-OH is 1. The highest BCUT2D eigenvalue weighted by Gasteiger charge is 2.34. The highest BCUT2D eigenvalue weighted by Crippen LogP contribution is 2.27. The molecule has 0 radical (unpaired) electrons. The summed E-state index contributed by atoms with van der Waals surface area (Å²) in [4.78, 5) is 21.8. The number of aliphatic hydroxyl groups is 1. The first-order valence-corrected chi connectivity index (χ1v) is 11.2. The van der Waals surface area contributed by atoms with Crippen molar-refractivity contribution in [3.05, 3.63) is 59.3 Å². The number of ether oxygens (including phenoxy) is 2. The molecular weight excluding hydrogens is 418 g/mol. The Hall–Kier alpha value is -2.92. The van der Waals surface area contributed by atoms with Crippen molar-refractivity contribution in [2.24, 2.45) is 5.92 Å². The minimum Gasteiger partial charge on any atom is -0.472 e. The van der Waals surface area contributed by atoms with E-state index in [0.29, 0.717) is 36.7 Å². The van der Waals surface area contributed by atoms with Gasteiger partial charge in [-0.05, 0) is 25.6 Å². The number of rotatable bonds is 7. The lowest BCUT2D eigenvalue weighted by Gasteiger charge is -2.37. The molecule has 7 heteroatoms. The van der Waals surface area contributed by atoms with Gasteiger partial charge in [0.1, 0.15) is 18.3 Å². The molecule has 0 saturated carbocycles. The van der Waals surface area contributed by atoms with Gasteiger partial charge >= 0.3 is 0 Å². The predicted molar refractivity (Wildman–Crippen MR) is 127 cm³/mol. The van der Waals surface area contributed by atoms with E-state index in [1.54, 1.807) is 24.3 Å². The Bertz CT molecular complexity index is 986. The van der Waals surface area contributed by atoms with Crippen LogP contribution in [-0.2, 0) is 11.3 Å². The molecule has 0 bridgehead atoms. The summed E-state index contributed by atoms with van der Waals surface area (Å²) in [5.74, 6) is 5.99. The summed E-state index contributed by atoms with van der Waals surface area (Å²) < 4.78 is 11.3. The van der Waals surface area contributed by atoms with E-state index < -0.39 is 0 Å². The predicted octanol–water partition coefficient (Wildman–Crippen LogP) is 2.43. The van der Waals surface area contributed by atoms with Crippen molar-refractivity contribution in [3.8, 4) is 17.7 Å². The Morgan fingerprint density at radius 1 is 1.36 bits per heavy atom. The van der Waals surface area contributed by atoms with E-state index in [4.69, 9.17) is 9.47 Å². The minimum absolute atomic E-state index is 0.0392.